The molecule has 0 radical (unpaired) electrons. The van der Waals surface area contributed by atoms with Crippen LogP contribution in [-0.2, 0) is 4.79 Å². The molecule has 136 valence electrons. The predicted molar refractivity (Wildman–Crippen MR) is 98.1 cm³/mol. The van der Waals surface area contributed by atoms with E-state index in [-0.39, 0.29) is 22.5 Å². The van der Waals surface area contributed by atoms with E-state index in [0.29, 0.717) is 17.1 Å². The van der Waals surface area contributed by atoms with Crippen molar-refractivity contribution in [3.05, 3.63) is 51.2 Å². The molecule has 1 aliphatic rings. The second-order valence-electron chi connectivity index (χ2n) is 6.19. The monoisotopic (exact) mass is 375 g/mol. The van der Waals surface area contributed by atoms with Crippen LogP contribution >= 0.6 is 11.6 Å². The van der Waals surface area contributed by atoms with Crippen LogP contribution in [0.4, 0.5) is 5.69 Å². The Bertz CT molecular complexity index is 841. The van der Waals surface area contributed by atoms with Crippen LogP contribution in [0.1, 0.15) is 37.9 Å². The third-order valence-electron chi connectivity index (χ3n) is 4.39. The first-order valence-electron chi connectivity index (χ1n) is 8.41. The zero-order chi connectivity index (χ0) is 18.5. The molecule has 1 aromatic carbocycles. The van der Waals surface area contributed by atoms with Crippen molar-refractivity contribution in [2.75, 3.05) is 0 Å². The molecular weight excluding hydrogens is 358 g/mol. The topological polar surface area (TPSA) is 97.7 Å². The van der Waals surface area contributed by atoms with E-state index < -0.39 is 4.92 Å². The third-order valence-corrected chi connectivity index (χ3v) is 4.63. The summed E-state index contributed by atoms with van der Waals surface area (Å²) < 4.78 is 5.58. The summed E-state index contributed by atoms with van der Waals surface area (Å²) in [6.07, 6.45) is 6.50. The molecule has 1 aliphatic carbocycles. The molecule has 0 unspecified atom stereocenters. The van der Waals surface area contributed by atoms with Gasteiger partial charge in [-0.05, 0) is 37.1 Å². The van der Waals surface area contributed by atoms with Crippen LogP contribution in [0, 0.1) is 16.0 Å². The highest BCUT2D eigenvalue weighted by Crippen LogP contribution is 2.33. The SMILES string of the molecule is O=C(N/N=C\c1ccc(-c2ccc(Cl)cc2[N+](=O)[O-])o1)C1CCCCC1. The van der Waals surface area contributed by atoms with E-state index in [2.05, 4.69) is 10.5 Å². The number of nitrogens with zero attached hydrogens (tertiary/aromatic N) is 2. The number of carbonyl (C=O) groups is 1. The molecule has 1 N–H and O–H groups in total. The smallest absolute Gasteiger partial charge is 0.281 e. The summed E-state index contributed by atoms with van der Waals surface area (Å²) in [6.45, 7) is 0. The van der Waals surface area contributed by atoms with Gasteiger partial charge in [0.2, 0.25) is 5.91 Å². The first-order chi connectivity index (χ1) is 12.5. The molecule has 1 heterocycles. The molecule has 0 saturated heterocycles. The van der Waals surface area contributed by atoms with Crippen LogP contribution < -0.4 is 5.43 Å². The maximum Gasteiger partial charge on any atom is 0.281 e. The van der Waals surface area contributed by atoms with Gasteiger partial charge in [0.25, 0.3) is 5.69 Å². The van der Waals surface area contributed by atoms with Gasteiger partial charge in [0.15, 0.2) is 0 Å². The number of hydrazone groups is 1. The minimum Gasteiger partial charge on any atom is -0.455 e. The van der Waals surface area contributed by atoms with Gasteiger partial charge in [-0.1, -0.05) is 30.9 Å². The molecule has 0 aliphatic heterocycles. The lowest BCUT2D eigenvalue weighted by atomic mass is 9.89. The number of halogens is 1. The van der Waals surface area contributed by atoms with Gasteiger partial charge in [0, 0.05) is 17.0 Å². The molecule has 26 heavy (non-hydrogen) atoms. The first kappa shape index (κ1) is 18.1. The van der Waals surface area contributed by atoms with Crippen molar-refractivity contribution in [3.63, 3.8) is 0 Å². The van der Waals surface area contributed by atoms with E-state index in [1.54, 1.807) is 18.2 Å². The van der Waals surface area contributed by atoms with E-state index in [9.17, 15) is 14.9 Å². The Balaban J connectivity index is 1.68. The van der Waals surface area contributed by atoms with Gasteiger partial charge < -0.3 is 4.42 Å². The lowest BCUT2D eigenvalue weighted by molar-refractivity contribution is -0.384. The number of hydrogen-bond acceptors (Lipinski definition) is 5. The highest BCUT2D eigenvalue weighted by Gasteiger charge is 2.21. The van der Waals surface area contributed by atoms with E-state index in [1.807, 2.05) is 0 Å². The Morgan fingerprint density at radius 1 is 1.27 bits per heavy atom. The van der Waals surface area contributed by atoms with Gasteiger partial charge in [-0.3, -0.25) is 14.9 Å². The van der Waals surface area contributed by atoms with Crippen molar-refractivity contribution in [1.29, 1.82) is 0 Å². The zero-order valence-corrected chi connectivity index (χ0v) is 14.7. The fraction of sp³-hybridized carbons (Fsp3) is 0.333. The molecular formula is C18H18ClN3O4. The normalized spacial score (nSPS) is 15.3. The lowest BCUT2D eigenvalue weighted by Crippen LogP contribution is -2.28. The first-order valence-corrected chi connectivity index (χ1v) is 8.79. The number of carbonyl (C=O) groups excluding carboxylic acids is 1. The molecule has 1 saturated carbocycles. The standard InChI is InChI=1S/C18H18ClN3O4/c19-13-6-8-15(16(10-13)22(24)25)17-9-7-14(26-17)11-20-21-18(23)12-4-2-1-3-5-12/h6-12H,1-5H2,(H,21,23)/b20-11-. The molecule has 1 aromatic heterocycles. The summed E-state index contributed by atoms with van der Waals surface area (Å²) in [5, 5.41) is 15.4. The highest BCUT2D eigenvalue weighted by atomic mass is 35.5. The Kier molecular flexibility index (Phi) is 5.68. The minimum absolute atomic E-state index is 0.0183. The van der Waals surface area contributed by atoms with Crippen LogP contribution in [0.2, 0.25) is 5.02 Å². The number of benzene rings is 1. The van der Waals surface area contributed by atoms with Crippen molar-refractivity contribution in [2.24, 2.45) is 11.0 Å². The number of nitro groups is 1. The van der Waals surface area contributed by atoms with E-state index in [0.717, 1.165) is 25.7 Å². The number of furan rings is 1. The van der Waals surface area contributed by atoms with Crippen molar-refractivity contribution < 1.29 is 14.1 Å². The summed E-state index contributed by atoms with van der Waals surface area (Å²) in [6, 6.07) is 7.61. The van der Waals surface area contributed by atoms with Crippen LogP contribution in [0.5, 0.6) is 0 Å². The largest absolute Gasteiger partial charge is 0.455 e. The Morgan fingerprint density at radius 3 is 2.77 bits per heavy atom. The number of rotatable bonds is 5. The number of nitrogens with one attached hydrogen (secondary N) is 1. The Hall–Kier alpha value is -2.67. The Labute approximate surface area is 155 Å². The average molecular weight is 376 g/mol. The maximum absolute atomic E-state index is 12.0. The van der Waals surface area contributed by atoms with Crippen LogP contribution in [0.25, 0.3) is 11.3 Å². The second kappa shape index (κ2) is 8.14. The van der Waals surface area contributed by atoms with Crippen LogP contribution in [0.15, 0.2) is 39.9 Å². The van der Waals surface area contributed by atoms with E-state index in [4.69, 9.17) is 16.0 Å². The second-order valence-corrected chi connectivity index (χ2v) is 6.63. The molecule has 3 rings (SSSR count). The van der Waals surface area contributed by atoms with Crippen molar-refractivity contribution in [1.82, 2.24) is 5.43 Å². The van der Waals surface area contributed by atoms with Gasteiger partial charge in [0.05, 0.1) is 16.7 Å². The van der Waals surface area contributed by atoms with Crippen molar-refractivity contribution in [3.8, 4) is 11.3 Å². The zero-order valence-electron chi connectivity index (χ0n) is 14.0. The van der Waals surface area contributed by atoms with Gasteiger partial charge in [-0.15, -0.1) is 0 Å². The molecule has 0 spiro atoms. The highest BCUT2D eigenvalue weighted by molar-refractivity contribution is 6.30. The number of nitro benzene ring substituents is 1. The van der Waals surface area contributed by atoms with Gasteiger partial charge in [0.1, 0.15) is 11.5 Å². The molecule has 0 atom stereocenters. The molecule has 1 fully saturated rings. The Morgan fingerprint density at radius 2 is 2.04 bits per heavy atom. The van der Waals surface area contributed by atoms with Gasteiger partial charge in [-0.2, -0.15) is 5.10 Å². The van der Waals surface area contributed by atoms with Crippen LogP contribution in [0.3, 0.4) is 0 Å². The molecule has 1 amide bonds. The fourth-order valence-corrected chi connectivity index (χ4v) is 3.21. The summed E-state index contributed by atoms with van der Waals surface area (Å²) in [5.74, 6) is 0.646. The van der Waals surface area contributed by atoms with Gasteiger partial charge >= 0.3 is 0 Å². The molecule has 2 aromatic rings. The fourth-order valence-electron chi connectivity index (χ4n) is 3.05. The molecule has 7 nitrogen and oxygen atoms in total. The average Bonchev–Trinajstić information content (AvgIpc) is 3.11. The molecule has 0 bridgehead atoms. The van der Waals surface area contributed by atoms with Crippen LogP contribution in [-0.4, -0.2) is 17.0 Å². The van der Waals surface area contributed by atoms with E-state index >= 15 is 0 Å². The third kappa shape index (κ3) is 4.29. The van der Waals surface area contributed by atoms with E-state index in [1.165, 1.54) is 24.8 Å². The minimum atomic E-state index is -0.512. The molecule has 8 heteroatoms. The summed E-state index contributed by atoms with van der Waals surface area (Å²) in [7, 11) is 0. The summed E-state index contributed by atoms with van der Waals surface area (Å²) >= 11 is 5.82. The number of amides is 1. The van der Waals surface area contributed by atoms with Crippen molar-refractivity contribution in [2.45, 2.75) is 32.1 Å². The van der Waals surface area contributed by atoms with Gasteiger partial charge in [-0.25, -0.2) is 5.43 Å². The predicted octanol–water partition coefficient (Wildman–Crippen LogP) is 4.54. The summed E-state index contributed by atoms with van der Waals surface area (Å²) in [4.78, 5) is 22.7. The summed E-state index contributed by atoms with van der Waals surface area (Å²) in [5.41, 5.74) is 2.72. The van der Waals surface area contributed by atoms with Crippen molar-refractivity contribution >= 4 is 29.4 Å². The lowest BCUT2D eigenvalue weighted by Gasteiger charge is -2.19. The quantitative estimate of drug-likeness (QED) is 0.471. The number of hydrogen-bond donors (Lipinski definition) is 1. The maximum atomic E-state index is 12.0.